The number of β-amino-alcohol motifs (C(OH)–C–C–N with tert-alkyl or cyclic N) is 1. The number of halogens is 4. The number of rotatable bonds is 29. The minimum Gasteiger partial charge on any atom is -0.495 e. The first-order valence-electron chi connectivity index (χ1n) is 44.4. The zero-order valence-corrected chi connectivity index (χ0v) is 85.9. The van der Waals surface area contributed by atoms with Crippen LogP contribution in [0.4, 0.5) is 110 Å². The summed E-state index contributed by atoms with van der Waals surface area (Å²) in [6, 6.07) is 50.9. The Labute approximate surface area is 823 Å². The Bertz CT molecular complexity index is 6670. The number of benzene rings is 8. The van der Waals surface area contributed by atoms with Crippen LogP contribution in [0.5, 0.6) is 23.0 Å². The molecule has 0 bridgehead atoms. The van der Waals surface area contributed by atoms with E-state index in [9.17, 15) is 33.0 Å². The number of anilines is 19. The summed E-state index contributed by atoms with van der Waals surface area (Å²) in [6.45, 7) is 22.2. The van der Waals surface area contributed by atoms with Crippen LogP contribution in [-0.2, 0) is 34.3 Å². The van der Waals surface area contributed by atoms with Crippen molar-refractivity contribution in [3.63, 3.8) is 0 Å². The minimum absolute atomic E-state index is 0.0550. The lowest BCUT2D eigenvalue weighted by atomic mass is 9.96. The van der Waals surface area contributed by atoms with Crippen molar-refractivity contribution in [2.45, 2.75) is 50.9 Å². The number of aliphatic hydroxyl groups is 1. The number of hydrogen-bond acceptors (Lipinski definition) is 31. The second-order valence-corrected chi connectivity index (χ2v) is 49.8. The quantitative estimate of drug-likeness (QED) is 0.0197. The van der Waals surface area contributed by atoms with Gasteiger partial charge in [0.1, 0.15) is 71.7 Å². The van der Waals surface area contributed by atoms with E-state index < -0.39 is 34.2 Å². The van der Waals surface area contributed by atoms with Crippen LogP contribution in [-0.4, -0.2) is 227 Å². The maximum Gasteiger partial charge on any atom is 0.256 e. The van der Waals surface area contributed by atoms with Crippen molar-refractivity contribution in [3.05, 3.63) is 220 Å². The zero-order chi connectivity index (χ0) is 98.7. The van der Waals surface area contributed by atoms with Crippen molar-refractivity contribution in [2.24, 2.45) is 5.92 Å². The predicted octanol–water partition coefficient (Wildman–Crippen LogP) is 19.3. The van der Waals surface area contributed by atoms with Crippen LogP contribution in [0.1, 0.15) is 48.5 Å². The van der Waals surface area contributed by atoms with Crippen LogP contribution in [0.15, 0.2) is 189 Å². The summed E-state index contributed by atoms with van der Waals surface area (Å²) in [5, 5.41) is 39.8. The van der Waals surface area contributed by atoms with Crippen LogP contribution in [0.2, 0.25) is 20.1 Å². The second kappa shape index (κ2) is 44.0. The van der Waals surface area contributed by atoms with Crippen molar-refractivity contribution in [1.29, 1.82) is 0 Å². The summed E-state index contributed by atoms with van der Waals surface area (Å²) < 4.78 is 78.3. The SMILES string of the molecule is COc1cc(N2CC(C)(O)C2)ccc1Nc1ncc(Cl)c(Nc2ccccc2P(C)(C)=O)n1.COc1cc(N2CCC(OC)CC2)ccc1Nc1ncc(Cl)c(Nc2ccccc2P(C)(C)=O)n1.COc1cc(N2CCN(C(=O)C3CC3)CC2)ccc1Nc1ncc(Cl)c(Nc2ccccc2P(C)(C)=O)n1.COc1cc(P(C)(C)=O)ccc1Nc1ncc(Cl)c(Nc2cccc3c2C(=O)N(C)C3)n1. The molecule has 0 unspecified atom stereocenters. The van der Waals surface area contributed by atoms with Crippen molar-refractivity contribution < 1.29 is 56.6 Å². The number of carbonyl (C=O) groups excluding carboxylic acids is 2. The molecule has 4 fully saturated rings. The first kappa shape index (κ1) is 102. The molecular formula is C97H113Cl4N21O12P4. The highest BCUT2D eigenvalue weighted by Crippen LogP contribution is 2.46. The third kappa shape index (κ3) is 25.7. The number of ether oxygens (including phenoxy) is 5. The number of carbonyl (C=O) groups is 2. The van der Waals surface area contributed by atoms with Gasteiger partial charge in [0.25, 0.3) is 5.91 Å². The molecule has 9 N–H and O–H groups in total. The molecule has 4 aliphatic heterocycles. The van der Waals surface area contributed by atoms with Gasteiger partial charge in [0, 0.05) is 135 Å². The molecule has 1 aliphatic carbocycles. The molecule has 12 aromatic rings. The third-order valence-electron chi connectivity index (χ3n) is 23.4. The van der Waals surface area contributed by atoms with Gasteiger partial charge >= 0.3 is 0 Å². The number of aromatic nitrogens is 8. The van der Waals surface area contributed by atoms with Gasteiger partial charge in [-0.15, -0.1) is 0 Å². The Morgan fingerprint density at radius 3 is 1.09 bits per heavy atom. The first-order valence-corrected chi connectivity index (χ1v) is 56.3. The number of nitrogens with zero attached hydrogens (tertiary/aromatic N) is 13. The summed E-state index contributed by atoms with van der Waals surface area (Å²) in [6.07, 6.45) is 10.4. The van der Waals surface area contributed by atoms with Gasteiger partial charge in [0.15, 0.2) is 23.3 Å². The van der Waals surface area contributed by atoms with Gasteiger partial charge in [-0.2, -0.15) is 19.9 Å². The molecule has 41 heteroatoms. The molecule has 2 amide bonds. The third-order valence-corrected chi connectivity index (χ3v) is 30.6. The largest absolute Gasteiger partial charge is 0.495 e. The number of nitrogens with one attached hydrogen (secondary N) is 8. The Kier molecular flexibility index (Phi) is 32.5. The van der Waals surface area contributed by atoms with Gasteiger partial charge in [-0.3, -0.25) is 9.59 Å². The lowest BCUT2D eigenvalue weighted by molar-refractivity contribution is -0.132. The van der Waals surface area contributed by atoms with Crippen molar-refractivity contribution >= 4 is 218 Å². The highest BCUT2D eigenvalue weighted by Gasteiger charge is 2.38. The predicted molar refractivity (Wildman–Crippen MR) is 561 cm³/mol. The van der Waals surface area contributed by atoms with E-state index in [2.05, 4.69) is 103 Å². The lowest BCUT2D eigenvalue weighted by Crippen LogP contribution is -2.60. The molecule has 8 aromatic carbocycles. The van der Waals surface area contributed by atoms with Gasteiger partial charge in [0.2, 0.25) is 29.7 Å². The van der Waals surface area contributed by atoms with Crippen LogP contribution >= 0.6 is 75.0 Å². The van der Waals surface area contributed by atoms with E-state index in [-0.39, 0.29) is 17.8 Å². The van der Waals surface area contributed by atoms with E-state index in [1.165, 1.54) is 24.8 Å². The molecule has 8 heterocycles. The molecule has 0 radical (unpaired) electrons. The molecular weight excluding hydrogens is 1920 g/mol. The van der Waals surface area contributed by atoms with E-state index in [4.69, 9.17) is 70.1 Å². The average molecular weight is 2030 g/mol. The summed E-state index contributed by atoms with van der Waals surface area (Å²) >= 11 is 25.4. The fraction of sp³-hybridized carbons (Fsp3) is 0.320. The molecule has 3 saturated heterocycles. The fourth-order valence-electron chi connectivity index (χ4n) is 15.9. The van der Waals surface area contributed by atoms with Crippen molar-refractivity contribution in [1.82, 2.24) is 49.7 Å². The first-order chi connectivity index (χ1) is 65.7. The monoisotopic (exact) mass is 2030 g/mol. The van der Waals surface area contributed by atoms with Gasteiger partial charge in [-0.25, -0.2) is 19.9 Å². The molecule has 0 spiro atoms. The molecule has 726 valence electrons. The number of fused-ring (bicyclic) bond motifs is 1. The van der Waals surface area contributed by atoms with E-state index in [0.717, 1.165) is 109 Å². The minimum atomic E-state index is -2.52. The lowest BCUT2D eigenvalue weighted by Gasteiger charge is -2.45. The van der Waals surface area contributed by atoms with Crippen molar-refractivity contribution in [3.8, 4) is 23.0 Å². The smallest absolute Gasteiger partial charge is 0.256 e. The highest BCUT2D eigenvalue weighted by atomic mass is 35.5. The van der Waals surface area contributed by atoms with E-state index in [1.54, 1.807) is 119 Å². The Balaban J connectivity index is 0.000000147. The molecule has 0 atom stereocenters. The normalized spacial score (nSPS) is 14.7. The van der Waals surface area contributed by atoms with E-state index in [0.29, 0.717) is 167 Å². The highest BCUT2D eigenvalue weighted by molar-refractivity contribution is 7.71. The van der Waals surface area contributed by atoms with Gasteiger partial charge in [-0.1, -0.05) is 94.9 Å². The zero-order valence-electron chi connectivity index (χ0n) is 79.3. The average Bonchev–Trinajstić information content (AvgIpc) is 1.23. The maximum absolute atomic E-state index is 12.8. The number of piperidine rings is 1. The van der Waals surface area contributed by atoms with E-state index in [1.807, 2.05) is 151 Å². The van der Waals surface area contributed by atoms with Crippen LogP contribution in [0, 0.1) is 5.92 Å². The standard InChI is InChI=1S/C27H32ClN6O3P.C25H31ClN5O3P.C23H27ClN5O3P.C22H23ClN5O3P/c1-37-23-16-19(33-12-14-34(15-13-33)26(35)18-8-9-18)10-11-21(23)31-27-29-17-20(28)25(32-27)30-22-6-4-5-7-24(22)38(2,3)36;1-33-18-11-13-31(14-12-18)17-9-10-20(22(15-17)34-2)29-25-27-16-19(26)24(30-25)28-21-7-5-6-8-23(21)35(3,4)32;1-23(30)13-29(14-23)15-9-10-17(19(11-15)32-2)27-22-25-12-16(24)21(28-22)26-18-7-5-6-8-20(18)33(3,4)31;1-28-12-13-6-5-7-17(19(13)21(28)29)25-20-15(23)11-24-22(27-20)26-16-9-8-14(32(3,4)30)10-18(16)31-2/h4-7,10-11,16-18H,8-9,12-15H2,1-3H3,(H2,29,30,31,32);5-10,15-16,18H,11-14H2,1-4H3,(H2,27,28,29,30);5-12,30H,13-14H2,1-4H3,(H2,25,26,27,28);5-11H,12H2,1-4H3,(H2,24,25,26,27). The maximum atomic E-state index is 12.8. The van der Waals surface area contributed by atoms with Gasteiger partial charge in [0.05, 0.1) is 116 Å². The molecule has 5 aliphatic rings. The number of hydrogen-bond donors (Lipinski definition) is 9. The summed E-state index contributed by atoms with van der Waals surface area (Å²) in [5.74, 6) is 5.88. The Morgan fingerprint density at radius 1 is 0.406 bits per heavy atom. The topological polar surface area (TPSA) is 384 Å². The van der Waals surface area contributed by atoms with Gasteiger partial charge in [-0.05, 0) is 189 Å². The van der Waals surface area contributed by atoms with Crippen LogP contribution in [0.3, 0.4) is 0 Å². The van der Waals surface area contributed by atoms with Crippen LogP contribution < -0.4 is 97.4 Å². The Morgan fingerprint density at radius 2 is 0.746 bits per heavy atom. The number of methoxy groups -OCH3 is 5. The van der Waals surface area contributed by atoms with Crippen LogP contribution in [0.25, 0.3) is 0 Å². The van der Waals surface area contributed by atoms with E-state index >= 15 is 0 Å². The Hall–Kier alpha value is -12.0. The number of piperazine rings is 1. The number of amides is 2. The van der Waals surface area contributed by atoms with Gasteiger partial charge < -0.3 is 114 Å². The second-order valence-electron chi connectivity index (χ2n) is 35.4. The summed E-state index contributed by atoms with van der Waals surface area (Å²) in [5.41, 5.74) is 9.45. The van der Waals surface area contributed by atoms with Crippen molar-refractivity contribution in [2.75, 3.05) is 206 Å². The molecule has 138 heavy (non-hydrogen) atoms. The summed E-state index contributed by atoms with van der Waals surface area (Å²) in [4.78, 5) is 70.5. The number of para-hydroxylation sites is 3. The summed E-state index contributed by atoms with van der Waals surface area (Å²) in [7, 11) is -0.0130. The molecule has 4 aromatic heterocycles. The molecule has 1 saturated carbocycles. The fourth-order valence-corrected chi connectivity index (χ4v) is 20.8. The molecule has 33 nitrogen and oxygen atoms in total. The molecule has 17 rings (SSSR count).